The summed E-state index contributed by atoms with van der Waals surface area (Å²) >= 11 is 0. The molecule has 0 aromatic carbocycles. The van der Waals surface area contributed by atoms with Crippen molar-refractivity contribution < 1.29 is 4.74 Å². The Morgan fingerprint density at radius 1 is 1.19 bits per heavy atom. The van der Waals surface area contributed by atoms with Crippen molar-refractivity contribution in [2.45, 2.75) is 57.9 Å². The van der Waals surface area contributed by atoms with E-state index >= 15 is 0 Å². The molecule has 2 fully saturated rings. The molecule has 94 valence electrons. The molecule has 0 aromatic rings. The summed E-state index contributed by atoms with van der Waals surface area (Å²) in [4.78, 5) is 0. The SMILES string of the molecule is CCC1CCCC(C(N)C2CCCOC2)C1. The van der Waals surface area contributed by atoms with Crippen molar-refractivity contribution in [1.29, 1.82) is 0 Å². The predicted molar refractivity (Wildman–Crippen MR) is 67.3 cm³/mol. The average molecular weight is 225 g/mol. The van der Waals surface area contributed by atoms with Crippen LogP contribution in [-0.4, -0.2) is 19.3 Å². The zero-order chi connectivity index (χ0) is 11.4. The van der Waals surface area contributed by atoms with Crippen molar-refractivity contribution in [3.63, 3.8) is 0 Å². The van der Waals surface area contributed by atoms with Gasteiger partial charge in [-0.2, -0.15) is 0 Å². The quantitative estimate of drug-likeness (QED) is 0.801. The Morgan fingerprint density at radius 2 is 2.00 bits per heavy atom. The molecule has 1 heterocycles. The molecule has 0 amide bonds. The van der Waals surface area contributed by atoms with Gasteiger partial charge in [0, 0.05) is 12.6 Å². The molecule has 0 radical (unpaired) electrons. The smallest absolute Gasteiger partial charge is 0.0509 e. The molecule has 1 aliphatic heterocycles. The van der Waals surface area contributed by atoms with Gasteiger partial charge in [-0.3, -0.25) is 0 Å². The van der Waals surface area contributed by atoms with Gasteiger partial charge < -0.3 is 10.5 Å². The molecule has 1 saturated carbocycles. The van der Waals surface area contributed by atoms with Crippen molar-refractivity contribution in [2.24, 2.45) is 23.5 Å². The van der Waals surface area contributed by atoms with Crippen LogP contribution in [0.3, 0.4) is 0 Å². The fraction of sp³-hybridized carbons (Fsp3) is 1.00. The van der Waals surface area contributed by atoms with Gasteiger partial charge in [0.05, 0.1) is 6.61 Å². The highest BCUT2D eigenvalue weighted by molar-refractivity contribution is 4.85. The van der Waals surface area contributed by atoms with E-state index in [0.29, 0.717) is 12.0 Å². The second-order valence-electron chi connectivity index (χ2n) is 5.76. The molecule has 0 aromatic heterocycles. The third kappa shape index (κ3) is 2.98. The molecule has 2 heteroatoms. The van der Waals surface area contributed by atoms with Crippen LogP contribution in [0.15, 0.2) is 0 Å². The Hall–Kier alpha value is -0.0800. The molecule has 4 unspecified atom stereocenters. The highest BCUT2D eigenvalue weighted by Crippen LogP contribution is 2.35. The lowest BCUT2D eigenvalue weighted by Gasteiger charge is -2.37. The second kappa shape index (κ2) is 6.02. The minimum absolute atomic E-state index is 0.398. The topological polar surface area (TPSA) is 35.2 Å². The third-order valence-electron chi connectivity index (χ3n) is 4.68. The maximum Gasteiger partial charge on any atom is 0.0509 e. The van der Waals surface area contributed by atoms with E-state index in [0.717, 1.165) is 25.0 Å². The van der Waals surface area contributed by atoms with Crippen LogP contribution >= 0.6 is 0 Å². The van der Waals surface area contributed by atoms with Gasteiger partial charge in [-0.25, -0.2) is 0 Å². The van der Waals surface area contributed by atoms with E-state index < -0.39 is 0 Å². The molecule has 16 heavy (non-hydrogen) atoms. The highest BCUT2D eigenvalue weighted by atomic mass is 16.5. The van der Waals surface area contributed by atoms with Gasteiger partial charge in [0.1, 0.15) is 0 Å². The number of ether oxygens (including phenoxy) is 1. The Kier molecular flexibility index (Phi) is 4.66. The third-order valence-corrected chi connectivity index (χ3v) is 4.68. The predicted octanol–water partition coefficient (Wildman–Crippen LogP) is 2.96. The molecular formula is C14H27NO. The minimum atomic E-state index is 0.398. The molecule has 0 spiro atoms. The van der Waals surface area contributed by atoms with Crippen molar-refractivity contribution in [2.75, 3.05) is 13.2 Å². The summed E-state index contributed by atoms with van der Waals surface area (Å²) in [6.07, 6.45) is 9.38. The minimum Gasteiger partial charge on any atom is -0.381 e. The number of nitrogens with two attached hydrogens (primary N) is 1. The van der Waals surface area contributed by atoms with E-state index in [2.05, 4.69) is 6.92 Å². The maximum atomic E-state index is 6.46. The summed E-state index contributed by atoms with van der Waals surface area (Å²) in [6, 6.07) is 0.398. The lowest BCUT2D eigenvalue weighted by molar-refractivity contribution is 0.0298. The van der Waals surface area contributed by atoms with Gasteiger partial charge in [-0.15, -0.1) is 0 Å². The van der Waals surface area contributed by atoms with E-state index in [1.54, 1.807) is 0 Å². The summed E-state index contributed by atoms with van der Waals surface area (Å²) in [6.45, 7) is 4.18. The maximum absolute atomic E-state index is 6.46. The average Bonchev–Trinajstić information content (AvgIpc) is 2.39. The van der Waals surface area contributed by atoms with Crippen LogP contribution in [0.5, 0.6) is 0 Å². The fourth-order valence-electron chi connectivity index (χ4n) is 3.51. The molecule has 2 nitrogen and oxygen atoms in total. The van der Waals surface area contributed by atoms with Crippen molar-refractivity contribution in [1.82, 2.24) is 0 Å². The molecule has 2 N–H and O–H groups in total. The first-order valence-electron chi connectivity index (χ1n) is 7.14. The molecule has 2 aliphatic rings. The van der Waals surface area contributed by atoms with Crippen LogP contribution in [0.1, 0.15) is 51.9 Å². The zero-order valence-electron chi connectivity index (χ0n) is 10.7. The fourth-order valence-corrected chi connectivity index (χ4v) is 3.51. The van der Waals surface area contributed by atoms with Crippen LogP contribution in [0.4, 0.5) is 0 Å². The van der Waals surface area contributed by atoms with Crippen LogP contribution in [0.25, 0.3) is 0 Å². The summed E-state index contributed by atoms with van der Waals surface area (Å²) in [7, 11) is 0. The highest BCUT2D eigenvalue weighted by Gasteiger charge is 2.31. The Morgan fingerprint density at radius 3 is 2.69 bits per heavy atom. The monoisotopic (exact) mass is 225 g/mol. The van der Waals surface area contributed by atoms with E-state index in [9.17, 15) is 0 Å². The van der Waals surface area contributed by atoms with Gasteiger partial charge >= 0.3 is 0 Å². The first-order valence-corrected chi connectivity index (χ1v) is 7.14. The van der Waals surface area contributed by atoms with Crippen LogP contribution < -0.4 is 5.73 Å². The summed E-state index contributed by atoms with van der Waals surface area (Å²) < 4.78 is 5.57. The summed E-state index contributed by atoms with van der Waals surface area (Å²) in [5.41, 5.74) is 6.46. The number of hydrogen-bond acceptors (Lipinski definition) is 2. The Labute approximate surface area is 99.9 Å². The lowest BCUT2D eigenvalue weighted by Crippen LogP contribution is -2.43. The molecule has 4 atom stereocenters. The molecular weight excluding hydrogens is 198 g/mol. The number of rotatable bonds is 3. The summed E-state index contributed by atoms with van der Waals surface area (Å²) in [5, 5.41) is 0. The van der Waals surface area contributed by atoms with Crippen LogP contribution in [0, 0.1) is 17.8 Å². The van der Waals surface area contributed by atoms with E-state index in [4.69, 9.17) is 10.5 Å². The lowest BCUT2D eigenvalue weighted by atomic mass is 9.73. The first kappa shape index (κ1) is 12.4. The molecule has 1 saturated heterocycles. The Bertz CT molecular complexity index is 201. The number of hydrogen-bond donors (Lipinski definition) is 1. The van der Waals surface area contributed by atoms with Gasteiger partial charge in [0.25, 0.3) is 0 Å². The van der Waals surface area contributed by atoms with Gasteiger partial charge in [-0.05, 0) is 43.4 Å². The summed E-state index contributed by atoms with van der Waals surface area (Å²) in [5.74, 6) is 2.34. The van der Waals surface area contributed by atoms with Gasteiger partial charge in [-0.1, -0.05) is 26.2 Å². The molecule has 2 rings (SSSR count). The van der Waals surface area contributed by atoms with Gasteiger partial charge in [0.15, 0.2) is 0 Å². The second-order valence-corrected chi connectivity index (χ2v) is 5.76. The van der Waals surface area contributed by atoms with Crippen LogP contribution in [-0.2, 0) is 4.74 Å². The van der Waals surface area contributed by atoms with Crippen molar-refractivity contribution in [3.8, 4) is 0 Å². The van der Waals surface area contributed by atoms with Crippen molar-refractivity contribution >= 4 is 0 Å². The largest absolute Gasteiger partial charge is 0.381 e. The van der Waals surface area contributed by atoms with Gasteiger partial charge in [0.2, 0.25) is 0 Å². The Balaban J connectivity index is 1.84. The first-order chi connectivity index (χ1) is 7.81. The standard InChI is InChI=1S/C14H27NO/c1-2-11-5-3-6-12(9-11)14(15)13-7-4-8-16-10-13/h11-14H,2-10,15H2,1H3. The van der Waals surface area contributed by atoms with Crippen LogP contribution in [0.2, 0.25) is 0 Å². The normalized spacial score (nSPS) is 38.2. The van der Waals surface area contributed by atoms with E-state index in [1.807, 2.05) is 0 Å². The van der Waals surface area contributed by atoms with Crippen molar-refractivity contribution in [3.05, 3.63) is 0 Å². The molecule has 0 bridgehead atoms. The van der Waals surface area contributed by atoms with E-state index in [-0.39, 0.29) is 0 Å². The molecule has 1 aliphatic carbocycles. The zero-order valence-corrected chi connectivity index (χ0v) is 10.7. The van der Waals surface area contributed by atoms with E-state index in [1.165, 1.54) is 44.9 Å².